The number of methoxy groups -OCH3 is 1. The van der Waals surface area contributed by atoms with Crippen LogP contribution >= 0.6 is 0 Å². The number of hydrogen-bond donors (Lipinski definition) is 1. The minimum absolute atomic E-state index is 0.00158. The molecule has 0 fully saturated rings. The maximum atomic E-state index is 11.4. The third kappa shape index (κ3) is 3.27. The third-order valence-corrected chi connectivity index (χ3v) is 1.77. The van der Waals surface area contributed by atoms with Crippen molar-refractivity contribution in [1.82, 2.24) is 15.1 Å². The number of aromatic nitrogens is 2. The third-order valence-electron chi connectivity index (χ3n) is 1.77. The van der Waals surface area contributed by atoms with Crippen molar-refractivity contribution >= 4 is 5.78 Å². The molecule has 0 spiro atoms. The molecule has 1 heterocycles. The van der Waals surface area contributed by atoms with Crippen molar-refractivity contribution in [3.63, 3.8) is 0 Å². The number of rotatable bonds is 6. The van der Waals surface area contributed by atoms with Crippen LogP contribution < -0.4 is 5.32 Å². The molecular formula is C9H15N3O2. The van der Waals surface area contributed by atoms with Crippen LogP contribution in [0.2, 0.25) is 0 Å². The normalized spacial score (nSPS) is 10.4. The van der Waals surface area contributed by atoms with Gasteiger partial charge in [0.05, 0.1) is 13.2 Å². The van der Waals surface area contributed by atoms with Crippen LogP contribution in [-0.4, -0.2) is 42.4 Å². The Hall–Kier alpha value is -1.20. The molecule has 1 aromatic rings. The first-order valence-corrected chi connectivity index (χ1v) is 4.46. The number of hydrogen-bond acceptors (Lipinski definition) is 4. The topological polar surface area (TPSA) is 56.1 Å². The van der Waals surface area contributed by atoms with Gasteiger partial charge in [0.2, 0.25) is 0 Å². The average Bonchev–Trinajstić information content (AvgIpc) is 2.59. The van der Waals surface area contributed by atoms with Crippen LogP contribution in [0, 0.1) is 0 Å². The molecule has 0 amide bonds. The molecule has 0 aromatic carbocycles. The summed E-state index contributed by atoms with van der Waals surface area (Å²) in [7, 11) is 3.41. The highest BCUT2D eigenvalue weighted by molar-refractivity contribution is 5.95. The van der Waals surface area contributed by atoms with Gasteiger partial charge in [0.1, 0.15) is 5.69 Å². The SMILES string of the molecule is COCCNCC(=O)c1ccn(C)n1. The van der Waals surface area contributed by atoms with Crippen LogP contribution in [0.1, 0.15) is 10.5 Å². The minimum Gasteiger partial charge on any atom is -0.383 e. The molecule has 0 unspecified atom stereocenters. The van der Waals surface area contributed by atoms with E-state index in [0.29, 0.717) is 25.4 Å². The summed E-state index contributed by atoms with van der Waals surface area (Å²) < 4.78 is 6.45. The molecule has 1 aromatic heterocycles. The fourth-order valence-corrected chi connectivity index (χ4v) is 1.03. The lowest BCUT2D eigenvalue weighted by molar-refractivity contribution is 0.0982. The predicted octanol–water partition coefficient (Wildman–Crippen LogP) is -0.161. The predicted molar refractivity (Wildman–Crippen MR) is 52.3 cm³/mol. The monoisotopic (exact) mass is 197 g/mol. The number of carbonyl (C=O) groups excluding carboxylic acids is 1. The number of nitrogens with zero attached hydrogens (tertiary/aromatic N) is 2. The molecule has 14 heavy (non-hydrogen) atoms. The molecule has 0 saturated carbocycles. The first-order chi connectivity index (χ1) is 6.74. The maximum Gasteiger partial charge on any atom is 0.196 e. The Kier molecular flexibility index (Phi) is 4.28. The van der Waals surface area contributed by atoms with Crippen molar-refractivity contribution in [2.75, 3.05) is 26.8 Å². The molecule has 0 bridgehead atoms. The van der Waals surface area contributed by atoms with E-state index in [1.807, 2.05) is 0 Å². The quantitative estimate of drug-likeness (QED) is 0.508. The maximum absolute atomic E-state index is 11.4. The van der Waals surface area contributed by atoms with Gasteiger partial charge in [-0.25, -0.2) is 0 Å². The number of aryl methyl sites for hydroxylation is 1. The van der Waals surface area contributed by atoms with Gasteiger partial charge < -0.3 is 10.1 Å². The summed E-state index contributed by atoms with van der Waals surface area (Å²) in [4.78, 5) is 11.4. The summed E-state index contributed by atoms with van der Waals surface area (Å²) in [6.07, 6.45) is 1.75. The number of nitrogens with one attached hydrogen (secondary N) is 1. The summed E-state index contributed by atoms with van der Waals surface area (Å²) in [6, 6.07) is 1.71. The van der Waals surface area contributed by atoms with Crippen LogP contribution in [-0.2, 0) is 11.8 Å². The van der Waals surface area contributed by atoms with Crippen molar-refractivity contribution < 1.29 is 9.53 Å². The van der Waals surface area contributed by atoms with Gasteiger partial charge >= 0.3 is 0 Å². The van der Waals surface area contributed by atoms with Crippen molar-refractivity contribution in [2.45, 2.75) is 0 Å². The largest absolute Gasteiger partial charge is 0.383 e. The molecule has 0 aliphatic carbocycles. The summed E-state index contributed by atoms with van der Waals surface area (Å²) >= 11 is 0. The van der Waals surface area contributed by atoms with Gasteiger partial charge in [-0.1, -0.05) is 0 Å². The van der Waals surface area contributed by atoms with Crippen LogP contribution in [0.4, 0.5) is 0 Å². The second kappa shape index (κ2) is 5.51. The Labute approximate surface area is 83.1 Å². The molecule has 5 heteroatoms. The number of ether oxygens (including phenoxy) is 1. The molecule has 78 valence electrons. The molecule has 5 nitrogen and oxygen atoms in total. The van der Waals surface area contributed by atoms with Crippen molar-refractivity contribution in [1.29, 1.82) is 0 Å². The zero-order chi connectivity index (χ0) is 10.4. The lowest BCUT2D eigenvalue weighted by Gasteiger charge is -2.00. The van der Waals surface area contributed by atoms with Gasteiger partial charge in [0.15, 0.2) is 5.78 Å². The van der Waals surface area contributed by atoms with E-state index in [1.165, 1.54) is 0 Å². The van der Waals surface area contributed by atoms with E-state index in [4.69, 9.17) is 4.74 Å². The molecule has 0 aliphatic rings. The van der Waals surface area contributed by atoms with Crippen LogP contribution in [0.25, 0.3) is 0 Å². The van der Waals surface area contributed by atoms with Gasteiger partial charge in [-0.3, -0.25) is 9.48 Å². The van der Waals surface area contributed by atoms with E-state index < -0.39 is 0 Å². The molecule has 0 radical (unpaired) electrons. The summed E-state index contributed by atoms with van der Waals surface area (Å²) in [5.74, 6) is 0.00158. The number of ketones is 1. The molecule has 0 atom stereocenters. The van der Waals surface area contributed by atoms with E-state index in [0.717, 1.165) is 0 Å². The van der Waals surface area contributed by atoms with Gasteiger partial charge in [0, 0.05) is 26.9 Å². The molecule has 0 saturated heterocycles. The first-order valence-electron chi connectivity index (χ1n) is 4.46. The zero-order valence-electron chi connectivity index (χ0n) is 8.49. The Balaban J connectivity index is 2.29. The van der Waals surface area contributed by atoms with E-state index in [2.05, 4.69) is 10.4 Å². The van der Waals surface area contributed by atoms with E-state index in [1.54, 1.807) is 31.1 Å². The highest BCUT2D eigenvalue weighted by Gasteiger charge is 2.07. The van der Waals surface area contributed by atoms with Gasteiger partial charge in [-0.2, -0.15) is 5.10 Å². The Morgan fingerprint density at radius 1 is 1.71 bits per heavy atom. The fourth-order valence-electron chi connectivity index (χ4n) is 1.03. The summed E-state index contributed by atoms with van der Waals surface area (Å²) in [6.45, 7) is 1.59. The van der Waals surface area contributed by atoms with Gasteiger partial charge in [-0.15, -0.1) is 0 Å². The average molecular weight is 197 g/mol. The van der Waals surface area contributed by atoms with Crippen LogP contribution in [0.3, 0.4) is 0 Å². The summed E-state index contributed by atoms with van der Waals surface area (Å²) in [5.41, 5.74) is 0.498. The molecule has 1 rings (SSSR count). The Morgan fingerprint density at radius 3 is 3.07 bits per heavy atom. The van der Waals surface area contributed by atoms with Crippen molar-refractivity contribution in [3.05, 3.63) is 18.0 Å². The standard InChI is InChI=1S/C9H15N3O2/c1-12-5-3-8(11-12)9(13)7-10-4-6-14-2/h3,5,10H,4,6-7H2,1-2H3. The Bertz CT molecular complexity index is 296. The lowest BCUT2D eigenvalue weighted by Crippen LogP contribution is -2.26. The van der Waals surface area contributed by atoms with E-state index in [-0.39, 0.29) is 5.78 Å². The minimum atomic E-state index is 0.00158. The van der Waals surface area contributed by atoms with Crippen molar-refractivity contribution in [2.24, 2.45) is 7.05 Å². The molecular weight excluding hydrogens is 182 g/mol. The Morgan fingerprint density at radius 2 is 2.50 bits per heavy atom. The second-order valence-corrected chi connectivity index (χ2v) is 2.97. The van der Waals surface area contributed by atoms with Crippen LogP contribution in [0.5, 0.6) is 0 Å². The lowest BCUT2D eigenvalue weighted by atomic mass is 10.3. The zero-order valence-corrected chi connectivity index (χ0v) is 8.49. The number of carbonyl (C=O) groups is 1. The second-order valence-electron chi connectivity index (χ2n) is 2.97. The number of Topliss-reactive ketones (excluding diaryl/α,β-unsaturated/α-hetero) is 1. The fraction of sp³-hybridized carbons (Fsp3) is 0.556. The molecule has 1 N–H and O–H groups in total. The highest BCUT2D eigenvalue weighted by Crippen LogP contribution is 1.94. The molecule has 0 aliphatic heterocycles. The first kappa shape index (κ1) is 10.9. The highest BCUT2D eigenvalue weighted by atomic mass is 16.5. The van der Waals surface area contributed by atoms with Crippen molar-refractivity contribution in [3.8, 4) is 0 Å². The van der Waals surface area contributed by atoms with Gasteiger partial charge in [0.25, 0.3) is 0 Å². The van der Waals surface area contributed by atoms with Crippen LogP contribution in [0.15, 0.2) is 12.3 Å². The van der Waals surface area contributed by atoms with E-state index >= 15 is 0 Å². The summed E-state index contributed by atoms with van der Waals surface area (Å²) in [5, 5.41) is 6.98. The van der Waals surface area contributed by atoms with Gasteiger partial charge in [-0.05, 0) is 6.07 Å². The van der Waals surface area contributed by atoms with E-state index in [9.17, 15) is 4.79 Å². The smallest absolute Gasteiger partial charge is 0.196 e.